The molecule has 1 aliphatic rings. The lowest BCUT2D eigenvalue weighted by Crippen LogP contribution is -2.48. The van der Waals surface area contributed by atoms with Crippen molar-refractivity contribution < 1.29 is 4.39 Å². The van der Waals surface area contributed by atoms with Crippen molar-refractivity contribution in [3.63, 3.8) is 0 Å². The van der Waals surface area contributed by atoms with Gasteiger partial charge in [-0.3, -0.25) is 9.80 Å². The second kappa shape index (κ2) is 7.68. The highest BCUT2D eigenvalue weighted by Crippen LogP contribution is 2.21. The minimum Gasteiger partial charge on any atom is -0.329 e. The number of hydrogen-bond donors (Lipinski definition) is 1. The summed E-state index contributed by atoms with van der Waals surface area (Å²) in [5, 5.41) is 0. The van der Waals surface area contributed by atoms with Crippen LogP contribution in [-0.2, 0) is 6.54 Å². The van der Waals surface area contributed by atoms with Crippen LogP contribution in [0.5, 0.6) is 0 Å². The zero-order valence-corrected chi connectivity index (χ0v) is 13.4. The van der Waals surface area contributed by atoms with E-state index in [0.717, 1.165) is 38.3 Å². The van der Waals surface area contributed by atoms with E-state index in [2.05, 4.69) is 34.1 Å². The molecule has 2 aromatic carbocycles. The topological polar surface area (TPSA) is 32.5 Å². The highest BCUT2D eigenvalue weighted by Gasteiger charge is 2.24. The van der Waals surface area contributed by atoms with E-state index < -0.39 is 0 Å². The number of benzene rings is 2. The summed E-state index contributed by atoms with van der Waals surface area (Å²) in [6, 6.07) is 17.6. The molecule has 23 heavy (non-hydrogen) atoms. The molecule has 122 valence electrons. The Bertz CT molecular complexity index is 609. The molecule has 0 bridgehead atoms. The molecule has 1 atom stereocenters. The van der Waals surface area contributed by atoms with Crippen molar-refractivity contribution in [3.05, 3.63) is 71.5 Å². The van der Waals surface area contributed by atoms with Crippen molar-refractivity contribution in [1.82, 2.24) is 9.80 Å². The molecule has 0 saturated carbocycles. The van der Waals surface area contributed by atoms with E-state index >= 15 is 0 Å². The molecule has 1 fully saturated rings. The maximum absolute atomic E-state index is 13.3. The quantitative estimate of drug-likeness (QED) is 0.921. The van der Waals surface area contributed by atoms with Crippen molar-refractivity contribution in [3.8, 4) is 0 Å². The first-order chi connectivity index (χ1) is 11.3. The Morgan fingerprint density at radius 3 is 2.35 bits per heavy atom. The summed E-state index contributed by atoms with van der Waals surface area (Å²) in [6.45, 7) is 5.40. The minimum atomic E-state index is -0.159. The van der Waals surface area contributed by atoms with E-state index in [1.807, 2.05) is 12.1 Å². The van der Waals surface area contributed by atoms with Crippen LogP contribution in [0.2, 0.25) is 0 Å². The fourth-order valence-corrected chi connectivity index (χ4v) is 3.30. The first kappa shape index (κ1) is 16.1. The normalized spacial score (nSPS) is 18.0. The van der Waals surface area contributed by atoms with Gasteiger partial charge in [-0.05, 0) is 23.3 Å². The molecule has 0 aromatic heterocycles. The fraction of sp³-hybridized carbons (Fsp3) is 0.368. The van der Waals surface area contributed by atoms with Gasteiger partial charge in [0.25, 0.3) is 0 Å². The van der Waals surface area contributed by atoms with Crippen LogP contribution in [-0.4, -0.2) is 42.5 Å². The molecule has 0 aliphatic carbocycles. The van der Waals surface area contributed by atoms with Gasteiger partial charge in [0.1, 0.15) is 5.82 Å². The zero-order chi connectivity index (χ0) is 16.1. The predicted octanol–water partition coefficient (Wildman–Crippen LogP) is 2.64. The van der Waals surface area contributed by atoms with E-state index in [0.29, 0.717) is 6.54 Å². The average Bonchev–Trinajstić information content (AvgIpc) is 2.58. The lowest BCUT2D eigenvalue weighted by Gasteiger charge is -2.39. The highest BCUT2D eigenvalue weighted by atomic mass is 19.1. The van der Waals surface area contributed by atoms with Crippen LogP contribution in [0.15, 0.2) is 54.6 Å². The van der Waals surface area contributed by atoms with Crippen LogP contribution in [0.25, 0.3) is 0 Å². The van der Waals surface area contributed by atoms with Gasteiger partial charge in [0, 0.05) is 45.3 Å². The molecule has 3 nitrogen and oxygen atoms in total. The molecule has 1 aliphatic heterocycles. The smallest absolute Gasteiger partial charge is 0.123 e. The Kier molecular flexibility index (Phi) is 5.39. The largest absolute Gasteiger partial charge is 0.329 e. The van der Waals surface area contributed by atoms with Gasteiger partial charge in [-0.25, -0.2) is 4.39 Å². The standard InChI is InChI=1S/C19H24FN3/c20-18-8-4-5-16(13-18)15-22-9-11-23(12-10-22)19(14-21)17-6-2-1-3-7-17/h1-8,13,19H,9-12,14-15,21H2/t19-/m1/s1. The second-order valence-electron chi connectivity index (χ2n) is 6.10. The highest BCUT2D eigenvalue weighted by molar-refractivity contribution is 5.20. The molecular formula is C19H24FN3. The van der Waals surface area contributed by atoms with E-state index in [1.165, 1.54) is 11.6 Å². The van der Waals surface area contributed by atoms with Crippen molar-refractivity contribution in [2.45, 2.75) is 12.6 Å². The molecule has 0 spiro atoms. The van der Waals surface area contributed by atoms with Crippen LogP contribution in [0, 0.1) is 5.82 Å². The van der Waals surface area contributed by atoms with Crippen molar-refractivity contribution >= 4 is 0 Å². The summed E-state index contributed by atoms with van der Waals surface area (Å²) in [6.07, 6.45) is 0. The molecule has 0 unspecified atom stereocenters. The summed E-state index contributed by atoms with van der Waals surface area (Å²) in [5.41, 5.74) is 8.34. The first-order valence-electron chi connectivity index (χ1n) is 8.22. The lowest BCUT2D eigenvalue weighted by molar-refractivity contribution is 0.0941. The third-order valence-electron chi connectivity index (χ3n) is 4.55. The first-order valence-corrected chi connectivity index (χ1v) is 8.22. The number of hydrogen-bond acceptors (Lipinski definition) is 3. The van der Waals surface area contributed by atoms with Gasteiger partial charge in [0.05, 0.1) is 0 Å². The summed E-state index contributed by atoms with van der Waals surface area (Å²) in [4.78, 5) is 4.83. The third-order valence-corrected chi connectivity index (χ3v) is 4.55. The maximum atomic E-state index is 13.3. The number of nitrogens with two attached hydrogens (primary N) is 1. The van der Waals surface area contributed by atoms with Gasteiger partial charge in [-0.2, -0.15) is 0 Å². The van der Waals surface area contributed by atoms with Crippen LogP contribution >= 0.6 is 0 Å². The van der Waals surface area contributed by atoms with Gasteiger partial charge in [-0.1, -0.05) is 42.5 Å². The maximum Gasteiger partial charge on any atom is 0.123 e. The van der Waals surface area contributed by atoms with Gasteiger partial charge in [0.15, 0.2) is 0 Å². The van der Waals surface area contributed by atoms with Gasteiger partial charge < -0.3 is 5.73 Å². The van der Waals surface area contributed by atoms with Crippen LogP contribution < -0.4 is 5.73 Å². The van der Waals surface area contributed by atoms with E-state index in [1.54, 1.807) is 12.1 Å². The molecule has 1 heterocycles. The Hall–Kier alpha value is -1.75. The zero-order valence-electron chi connectivity index (χ0n) is 13.4. The van der Waals surface area contributed by atoms with E-state index in [4.69, 9.17) is 5.73 Å². The third kappa shape index (κ3) is 4.16. The minimum absolute atomic E-state index is 0.159. The number of halogens is 1. The van der Waals surface area contributed by atoms with Crippen molar-refractivity contribution in [2.75, 3.05) is 32.7 Å². The lowest BCUT2D eigenvalue weighted by atomic mass is 10.0. The molecular weight excluding hydrogens is 289 g/mol. The molecule has 1 saturated heterocycles. The van der Waals surface area contributed by atoms with Crippen LogP contribution in [0.3, 0.4) is 0 Å². The van der Waals surface area contributed by atoms with Crippen molar-refractivity contribution in [1.29, 1.82) is 0 Å². The molecule has 0 radical (unpaired) electrons. The Morgan fingerprint density at radius 1 is 0.957 bits per heavy atom. The summed E-state index contributed by atoms with van der Waals surface area (Å²) in [5.74, 6) is -0.159. The predicted molar refractivity (Wildman–Crippen MR) is 91.5 cm³/mol. The summed E-state index contributed by atoms with van der Waals surface area (Å²) < 4.78 is 13.3. The second-order valence-corrected chi connectivity index (χ2v) is 6.10. The number of piperazine rings is 1. The fourth-order valence-electron chi connectivity index (χ4n) is 3.30. The molecule has 4 heteroatoms. The number of rotatable bonds is 5. The number of nitrogens with zero attached hydrogens (tertiary/aromatic N) is 2. The van der Waals surface area contributed by atoms with Gasteiger partial charge in [0.2, 0.25) is 0 Å². The Balaban J connectivity index is 1.57. The Morgan fingerprint density at radius 2 is 1.70 bits per heavy atom. The van der Waals surface area contributed by atoms with E-state index in [9.17, 15) is 4.39 Å². The SMILES string of the molecule is NC[C@H](c1ccccc1)N1CCN(Cc2cccc(F)c2)CC1. The molecule has 0 amide bonds. The summed E-state index contributed by atoms with van der Waals surface area (Å²) in [7, 11) is 0. The van der Waals surface area contributed by atoms with Crippen molar-refractivity contribution in [2.24, 2.45) is 5.73 Å². The summed E-state index contributed by atoms with van der Waals surface area (Å²) >= 11 is 0. The molecule has 2 aromatic rings. The Labute approximate surface area is 137 Å². The van der Waals surface area contributed by atoms with E-state index in [-0.39, 0.29) is 11.9 Å². The van der Waals surface area contributed by atoms with Crippen LogP contribution in [0.1, 0.15) is 17.2 Å². The average molecular weight is 313 g/mol. The molecule has 2 N–H and O–H groups in total. The van der Waals surface area contributed by atoms with Gasteiger partial charge >= 0.3 is 0 Å². The monoisotopic (exact) mass is 313 g/mol. The molecule has 3 rings (SSSR count). The van der Waals surface area contributed by atoms with Crippen LogP contribution in [0.4, 0.5) is 4.39 Å². The van der Waals surface area contributed by atoms with Gasteiger partial charge in [-0.15, -0.1) is 0 Å².